The summed E-state index contributed by atoms with van der Waals surface area (Å²) in [6.07, 6.45) is 1.70. The molecule has 3 heterocycles. The van der Waals surface area contributed by atoms with E-state index in [1.807, 2.05) is 30.8 Å². The highest BCUT2D eigenvalue weighted by Gasteiger charge is 2.14. The molecule has 1 aliphatic heterocycles. The lowest BCUT2D eigenvalue weighted by atomic mass is 10.1. The van der Waals surface area contributed by atoms with Crippen LogP contribution in [0.1, 0.15) is 11.1 Å². The summed E-state index contributed by atoms with van der Waals surface area (Å²) in [5.74, 6) is 3.59. The van der Waals surface area contributed by atoms with Crippen LogP contribution in [0.3, 0.4) is 0 Å². The van der Waals surface area contributed by atoms with Gasteiger partial charge in [0.2, 0.25) is 5.82 Å². The summed E-state index contributed by atoms with van der Waals surface area (Å²) in [6, 6.07) is 12.5. The van der Waals surface area contributed by atoms with Gasteiger partial charge in [-0.15, -0.1) is 0 Å². The molecule has 0 unspecified atom stereocenters. The van der Waals surface area contributed by atoms with Gasteiger partial charge in [-0.25, -0.2) is 4.98 Å². The first-order valence-corrected chi connectivity index (χ1v) is 10.6. The van der Waals surface area contributed by atoms with Crippen molar-refractivity contribution in [1.82, 2.24) is 25.0 Å². The third-order valence-electron chi connectivity index (χ3n) is 5.11. The Balaban J connectivity index is 1.36. The molecule has 1 fully saturated rings. The van der Waals surface area contributed by atoms with Crippen LogP contribution in [0.5, 0.6) is 0 Å². The fourth-order valence-electron chi connectivity index (χ4n) is 3.58. The summed E-state index contributed by atoms with van der Waals surface area (Å²) in [4.78, 5) is 14.6. The molecule has 0 saturated carbocycles. The second-order valence-electron chi connectivity index (χ2n) is 7.10. The van der Waals surface area contributed by atoms with Crippen LogP contribution in [-0.4, -0.2) is 49.6 Å². The summed E-state index contributed by atoms with van der Waals surface area (Å²) >= 11 is 2.04. The Labute approximate surface area is 167 Å². The van der Waals surface area contributed by atoms with Crippen molar-refractivity contribution in [1.29, 1.82) is 0 Å². The zero-order valence-electron chi connectivity index (χ0n) is 15.7. The Hall–Kier alpha value is -2.64. The maximum atomic E-state index is 5.53. The van der Waals surface area contributed by atoms with E-state index >= 15 is 0 Å². The van der Waals surface area contributed by atoms with E-state index in [9.17, 15) is 0 Å². The minimum Gasteiger partial charge on any atom is -0.345 e. The number of H-pyrrole nitrogens is 1. The average Bonchev–Trinajstić information content (AvgIpc) is 3.39. The van der Waals surface area contributed by atoms with Crippen molar-refractivity contribution in [2.75, 3.05) is 24.6 Å². The lowest BCUT2D eigenvalue weighted by Crippen LogP contribution is -2.31. The zero-order valence-corrected chi connectivity index (χ0v) is 16.5. The van der Waals surface area contributed by atoms with Crippen LogP contribution in [0.4, 0.5) is 0 Å². The molecule has 142 valence electrons. The monoisotopic (exact) mass is 391 g/mol. The van der Waals surface area contributed by atoms with E-state index in [1.165, 1.54) is 30.2 Å². The van der Waals surface area contributed by atoms with E-state index in [0.29, 0.717) is 11.7 Å². The predicted molar refractivity (Wildman–Crippen MR) is 112 cm³/mol. The fourth-order valence-corrected chi connectivity index (χ4v) is 4.56. The lowest BCUT2D eigenvalue weighted by Gasteiger charge is -2.26. The topological polar surface area (TPSA) is 70.8 Å². The Morgan fingerprint density at radius 3 is 2.75 bits per heavy atom. The van der Waals surface area contributed by atoms with Crippen LogP contribution >= 0.6 is 11.8 Å². The molecule has 1 saturated heterocycles. The maximum absolute atomic E-state index is 5.53. The van der Waals surface area contributed by atoms with Gasteiger partial charge in [-0.05, 0) is 42.3 Å². The lowest BCUT2D eigenvalue weighted by molar-refractivity contribution is 0.294. The maximum Gasteiger partial charge on any atom is 0.258 e. The number of imidazole rings is 1. The predicted octanol–water partition coefficient (Wildman–Crippen LogP) is 4.14. The second kappa shape index (κ2) is 7.41. The molecule has 0 spiro atoms. The molecule has 0 aliphatic carbocycles. The third kappa shape index (κ3) is 3.43. The van der Waals surface area contributed by atoms with Crippen LogP contribution in [0.2, 0.25) is 0 Å². The van der Waals surface area contributed by atoms with Gasteiger partial charge in [-0.2, -0.15) is 16.7 Å². The van der Waals surface area contributed by atoms with Crippen molar-refractivity contribution in [2.24, 2.45) is 0 Å². The molecule has 0 radical (unpaired) electrons. The summed E-state index contributed by atoms with van der Waals surface area (Å²) in [7, 11) is 0. The number of hydrogen-bond donors (Lipinski definition) is 1. The Morgan fingerprint density at radius 1 is 1.11 bits per heavy atom. The molecule has 2 aromatic heterocycles. The number of fused-ring (bicyclic) bond motifs is 1. The standard InChI is InChI=1S/C21H21N5OS/c1-14-10-17(11-18-19(14)23-13-22-18)20-24-21(27-25-20)16-4-2-15(3-5-16)12-26-6-8-28-9-7-26/h2-5,10-11,13H,6-9,12H2,1H3,(H,22,23). The zero-order chi connectivity index (χ0) is 18.9. The number of nitrogens with one attached hydrogen (secondary N) is 1. The summed E-state index contributed by atoms with van der Waals surface area (Å²) in [5, 5.41) is 4.18. The molecule has 0 atom stereocenters. The Morgan fingerprint density at radius 2 is 1.93 bits per heavy atom. The van der Waals surface area contributed by atoms with Crippen LogP contribution < -0.4 is 0 Å². The molecule has 0 amide bonds. The highest BCUT2D eigenvalue weighted by atomic mass is 32.2. The van der Waals surface area contributed by atoms with Crippen molar-refractivity contribution in [3.8, 4) is 22.8 Å². The van der Waals surface area contributed by atoms with Crippen molar-refractivity contribution >= 4 is 22.8 Å². The van der Waals surface area contributed by atoms with Crippen molar-refractivity contribution < 1.29 is 4.52 Å². The van der Waals surface area contributed by atoms with Gasteiger partial charge in [0.15, 0.2) is 0 Å². The van der Waals surface area contributed by atoms with Gasteiger partial charge in [0.25, 0.3) is 5.89 Å². The molecule has 1 N–H and O–H groups in total. The van der Waals surface area contributed by atoms with Crippen LogP contribution in [0.15, 0.2) is 47.2 Å². The van der Waals surface area contributed by atoms with Gasteiger partial charge in [0, 0.05) is 42.3 Å². The van der Waals surface area contributed by atoms with E-state index in [-0.39, 0.29) is 0 Å². The largest absolute Gasteiger partial charge is 0.345 e. The van der Waals surface area contributed by atoms with E-state index in [0.717, 1.165) is 34.3 Å². The molecule has 0 bridgehead atoms. The third-order valence-corrected chi connectivity index (χ3v) is 6.05. The number of hydrogen-bond acceptors (Lipinski definition) is 6. The smallest absolute Gasteiger partial charge is 0.258 e. The Kier molecular flexibility index (Phi) is 4.62. The first-order chi connectivity index (χ1) is 13.8. The molecular formula is C21H21N5OS. The summed E-state index contributed by atoms with van der Waals surface area (Å²) in [6.45, 7) is 5.37. The molecule has 1 aliphatic rings. The van der Waals surface area contributed by atoms with Crippen molar-refractivity contribution in [3.05, 3.63) is 53.9 Å². The van der Waals surface area contributed by atoms with Gasteiger partial charge < -0.3 is 9.51 Å². The fraction of sp³-hybridized carbons (Fsp3) is 0.286. The SMILES string of the molecule is Cc1cc(-c2noc(-c3ccc(CN4CCSCC4)cc3)n2)cc2[nH]cnc12. The van der Waals surface area contributed by atoms with Crippen molar-refractivity contribution in [3.63, 3.8) is 0 Å². The number of nitrogens with zero attached hydrogens (tertiary/aromatic N) is 4. The van der Waals surface area contributed by atoms with Gasteiger partial charge in [0.1, 0.15) is 0 Å². The number of aromatic nitrogens is 4. The minimum atomic E-state index is 0.540. The number of aryl methyl sites for hydroxylation is 1. The number of rotatable bonds is 4. The minimum absolute atomic E-state index is 0.540. The number of aromatic amines is 1. The van der Waals surface area contributed by atoms with Crippen molar-refractivity contribution in [2.45, 2.75) is 13.5 Å². The van der Waals surface area contributed by atoms with Gasteiger partial charge in [-0.1, -0.05) is 17.3 Å². The quantitative estimate of drug-likeness (QED) is 0.564. The van der Waals surface area contributed by atoms with Crippen LogP contribution in [-0.2, 0) is 6.54 Å². The molecule has 6 nitrogen and oxygen atoms in total. The highest BCUT2D eigenvalue weighted by molar-refractivity contribution is 7.99. The van der Waals surface area contributed by atoms with Gasteiger partial charge in [-0.3, -0.25) is 4.90 Å². The number of thioether (sulfide) groups is 1. The van der Waals surface area contributed by atoms with E-state index < -0.39 is 0 Å². The average molecular weight is 392 g/mol. The van der Waals surface area contributed by atoms with Crippen LogP contribution in [0.25, 0.3) is 33.9 Å². The molecule has 5 rings (SSSR count). The molecular weight excluding hydrogens is 370 g/mol. The Bertz CT molecular complexity index is 1100. The highest BCUT2D eigenvalue weighted by Crippen LogP contribution is 2.26. The van der Waals surface area contributed by atoms with Gasteiger partial charge >= 0.3 is 0 Å². The molecule has 7 heteroatoms. The van der Waals surface area contributed by atoms with Crippen LogP contribution in [0, 0.1) is 6.92 Å². The first kappa shape index (κ1) is 17.5. The molecule has 2 aromatic carbocycles. The number of benzene rings is 2. The summed E-state index contributed by atoms with van der Waals surface area (Å²) < 4.78 is 5.53. The van der Waals surface area contributed by atoms with E-state index in [1.54, 1.807) is 6.33 Å². The normalized spacial score (nSPS) is 15.3. The molecule has 28 heavy (non-hydrogen) atoms. The second-order valence-corrected chi connectivity index (χ2v) is 8.33. The molecule has 4 aromatic rings. The van der Waals surface area contributed by atoms with E-state index in [2.05, 4.69) is 49.3 Å². The first-order valence-electron chi connectivity index (χ1n) is 9.43. The van der Waals surface area contributed by atoms with E-state index in [4.69, 9.17) is 4.52 Å². The van der Waals surface area contributed by atoms with Gasteiger partial charge in [0.05, 0.1) is 17.4 Å². The summed E-state index contributed by atoms with van der Waals surface area (Å²) in [5.41, 5.74) is 6.20.